The van der Waals surface area contributed by atoms with Crippen molar-refractivity contribution in [3.8, 4) is 10.6 Å². The molecule has 0 atom stereocenters. The number of hydrogen-bond acceptors (Lipinski definition) is 4. The molecule has 0 fully saturated rings. The average molecular weight is 474 g/mol. The van der Waals surface area contributed by atoms with E-state index in [4.69, 9.17) is 0 Å². The van der Waals surface area contributed by atoms with Gasteiger partial charge in [0.25, 0.3) is 0 Å². The van der Waals surface area contributed by atoms with Crippen LogP contribution in [0, 0.1) is 6.92 Å². The summed E-state index contributed by atoms with van der Waals surface area (Å²) < 4.78 is 0. The summed E-state index contributed by atoms with van der Waals surface area (Å²) >= 11 is 3.53. The van der Waals surface area contributed by atoms with Crippen LogP contribution < -0.4 is 10.6 Å². The monoisotopic (exact) mass is 474 g/mol. The summed E-state index contributed by atoms with van der Waals surface area (Å²) in [5, 5.41) is 10.1. The number of aromatic nitrogens is 1. The van der Waals surface area contributed by atoms with E-state index in [1.807, 2.05) is 25.3 Å². The number of rotatable bonds is 5. The van der Waals surface area contributed by atoms with Crippen molar-refractivity contribution in [2.45, 2.75) is 32.2 Å². The molecule has 4 nitrogen and oxygen atoms in total. The molecule has 0 spiro atoms. The largest absolute Gasteiger partial charge is 0.356 e. The van der Waals surface area contributed by atoms with E-state index in [0.29, 0.717) is 6.04 Å². The highest BCUT2D eigenvalue weighted by atomic mass is 127. The molecule has 7 heteroatoms. The Hall–Kier alpha value is -0.930. The molecule has 1 aliphatic rings. The van der Waals surface area contributed by atoms with Crippen LogP contribution in [-0.2, 0) is 6.42 Å². The third-order valence-corrected chi connectivity index (χ3v) is 5.71. The third-order valence-electron chi connectivity index (χ3n) is 3.77. The normalized spacial score (nSPS) is 14.7. The minimum absolute atomic E-state index is 0. The van der Waals surface area contributed by atoms with Crippen LogP contribution >= 0.6 is 46.7 Å². The molecule has 0 saturated carbocycles. The fourth-order valence-corrected chi connectivity index (χ4v) is 4.21. The standard InChI is InChI=1S/C17H22N4S2.HI/c1-12-20-15(11-22-12)16-8-7-14(23-16)9-10-19-17(18-2)21-13-5-3-4-6-13;/h3-4,7-8,11,13H,5-6,9-10H2,1-2H3,(H2,18,19,21);1H. The van der Waals surface area contributed by atoms with Crippen LogP contribution in [0.2, 0.25) is 0 Å². The highest BCUT2D eigenvalue weighted by Gasteiger charge is 2.11. The predicted octanol–water partition coefficient (Wildman–Crippen LogP) is 4.22. The zero-order chi connectivity index (χ0) is 16.1. The second-order valence-electron chi connectivity index (χ2n) is 5.55. The van der Waals surface area contributed by atoms with Crippen molar-refractivity contribution in [1.82, 2.24) is 15.6 Å². The van der Waals surface area contributed by atoms with Gasteiger partial charge in [0.05, 0.1) is 15.6 Å². The summed E-state index contributed by atoms with van der Waals surface area (Å²) in [6.45, 7) is 2.93. The van der Waals surface area contributed by atoms with E-state index >= 15 is 0 Å². The Kier molecular flexibility index (Phi) is 7.70. The first-order valence-corrected chi connectivity index (χ1v) is 9.57. The Balaban J connectivity index is 0.00000208. The molecule has 24 heavy (non-hydrogen) atoms. The van der Waals surface area contributed by atoms with Gasteiger partial charge in [0.2, 0.25) is 0 Å². The molecular weight excluding hydrogens is 451 g/mol. The van der Waals surface area contributed by atoms with Crippen molar-refractivity contribution >= 4 is 52.6 Å². The summed E-state index contributed by atoms with van der Waals surface area (Å²) in [5.41, 5.74) is 1.10. The SMILES string of the molecule is CN=C(NCCc1ccc(-c2csc(C)n2)s1)NC1CC=CC1.I. The lowest BCUT2D eigenvalue weighted by molar-refractivity contribution is 0.633. The summed E-state index contributed by atoms with van der Waals surface area (Å²) in [5.74, 6) is 0.894. The minimum Gasteiger partial charge on any atom is -0.356 e. The Labute approximate surface area is 168 Å². The quantitative estimate of drug-likeness (QED) is 0.295. The number of aryl methyl sites for hydroxylation is 1. The first-order chi connectivity index (χ1) is 11.2. The number of halogens is 1. The zero-order valence-electron chi connectivity index (χ0n) is 13.9. The molecule has 130 valence electrons. The molecule has 0 aromatic carbocycles. The molecule has 2 aromatic rings. The topological polar surface area (TPSA) is 49.3 Å². The predicted molar refractivity (Wildman–Crippen MR) is 116 cm³/mol. The van der Waals surface area contributed by atoms with E-state index in [9.17, 15) is 0 Å². The van der Waals surface area contributed by atoms with Crippen LogP contribution in [0.5, 0.6) is 0 Å². The third kappa shape index (κ3) is 5.29. The first kappa shape index (κ1) is 19.4. The van der Waals surface area contributed by atoms with E-state index in [2.05, 4.69) is 50.3 Å². The fraction of sp³-hybridized carbons (Fsp3) is 0.412. The van der Waals surface area contributed by atoms with E-state index in [1.165, 1.54) is 9.75 Å². The van der Waals surface area contributed by atoms with Gasteiger partial charge in [0.15, 0.2) is 5.96 Å². The Morgan fingerprint density at radius 1 is 1.33 bits per heavy atom. The maximum absolute atomic E-state index is 4.55. The molecule has 2 N–H and O–H groups in total. The number of aliphatic imine (C=N–C) groups is 1. The molecule has 3 rings (SSSR count). The summed E-state index contributed by atoms with van der Waals surface area (Å²) in [4.78, 5) is 11.5. The number of guanidine groups is 1. The highest BCUT2D eigenvalue weighted by molar-refractivity contribution is 14.0. The van der Waals surface area contributed by atoms with Gasteiger partial charge < -0.3 is 10.6 Å². The van der Waals surface area contributed by atoms with Gasteiger partial charge in [-0.25, -0.2) is 4.98 Å². The molecule has 0 bridgehead atoms. The number of thiazole rings is 1. The Morgan fingerprint density at radius 3 is 2.79 bits per heavy atom. The number of nitrogens with one attached hydrogen (secondary N) is 2. The maximum atomic E-state index is 4.55. The van der Waals surface area contributed by atoms with E-state index in [1.54, 1.807) is 11.3 Å². The molecule has 2 aromatic heterocycles. The van der Waals surface area contributed by atoms with Crippen LogP contribution in [-0.4, -0.2) is 30.6 Å². The van der Waals surface area contributed by atoms with E-state index in [0.717, 1.165) is 42.5 Å². The van der Waals surface area contributed by atoms with Gasteiger partial charge in [0, 0.05) is 29.9 Å². The lowest BCUT2D eigenvalue weighted by atomic mass is 10.2. The molecular formula is C17H23IN4S2. The van der Waals surface area contributed by atoms with Crippen LogP contribution in [0.15, 0.2) is 34.7 Å². The molecule has 0 unspecified atom stereocenters. The summed E-state index contributed by atoms with van der Waals surface area (Å²) in [7, 11) is 1.82. The van der Waals surface area contributed by atoms with Gasteiger partial charge in [-0.05, 0) is 38.3 Å². The number of hydrogen-bond donors (Lipinski definition) is 2. The second-order valence-corrected chi connectivity index (χ2v) is 7.78. The van der Waals surface area contributed by atoms with Crippen molar-refractivity contribution in [3.05, 3.63) is 39.5 Å². The van der Waals surface area contributed by atoms with Gasteiger partial charge in [-0.15, -0.1) is 46.7 Å². The van der Waals surface area contributed by atoms with Gasteiger partial charge in [-0.3, -0.25) is 4.99 Å². The maximum Gasteiger partial charge on any atom is 0.191 e. The van der Waals surface area contributed by atoms with Crippen LogP contribution in [0.25, 0.3) is 10.6 Å². The molecule has 2 heterocycles. The zero-order valence-corrected chi connectivity index (χ0v) is 17.9. The van der Waals surface area contributed by atoms with Crippen molar-refractivity contribution < 1.29 is 0 Å². The highest BCUT2D eigenvalue weighted by Crippen LogP contribution is 2.29. The van der Waals surface area contributed by atoms with Crippen molar-refractivity contribution in [2.75, 3.05) is 13.6 Å². The lowest BCUT2D eigenvalue weighted by Crippen LogP contribution is -2.43. The van der Waals surface area contributed by atoms with Gasteiger partial charge in [-0.2, -0.15) is 0 Å². The number of thiophene rings is 1. The summed E-state index contributed by atoms with van der Waals surface area (Å²) in [6, 6.07) is 4.86. The first-order valence-electron chi connectivity index (χ1n) is 7.88. The second kappa shape index (κ2) is 9.53. The van der Waals surface area contributed by atoms with Gasteiger partial charge in [0.1, 0.15) is 0 Å². The molecule has 0 amide bonds. The summed E-state index contributed by atoms with van der Waals surface area (Å²) in [6.07, 6.45) is 7.61. The van der Waals surface area contributed by atoms with Crippen LogP contribution in [0.1, 0.15) is 22.7 Å². The van der Waals surface area contributed by atoms with E-state index < -0.39 is 0 Å². The van der Waals surface area contributed by atoms with E-state index in [-0.39, 0.29) is 24.0 Å². The van der Waals surface area contributed by atoms with Crippen molar-refractivity contribution in [1.29, 1.82) is 0 Å². The lowest BCUT2D eigenvalue weighted by Gasteiger charge is -2.16. The van der Waals surface area contributed by atoms with Crippen LogP contribution in [0.4, 0.5) is 0 Å². The fourth-order valence-electron chi connectivity index (χ4n) is 2.55. The Bertz CT molecular complexity index is 697. The Morgan fingerprint density at radius 2 is 2.12 bits per heavy atom. The molecule has 1 aliphatic carbocycles. The number of nitrogens with zero attached hydrogens (tertiary/aromatic N) is 2. The molecule has 0 saturated heterocycles. The molecule has 0 aliphatic heterocycles. The average Bonchev–Trinajstić information content (AvgIpc) is 3.27. The minimum atomic E-state index is 0. The van der Waals surface area contributed by atoms with Crippen molar-refractivity contribution in [3.63, 3.8) is 0 Å². The van der Waals surface area contributed by atoms with Crippen molar-refractivity contribution in [2.24, 2.45) is 4.99 Å². The molecule has 0 radical (unpaired) electrons. The van der Waals surface area contributed by atoms with Gasteiger partial charge in [-0.1, -0.05) is 12.2 Å². The van der Waals surface area contributed by atoms with Gasteiger partial charge >= 0.3 is 0 Å². The van der Waals surface area contributed by atoms with Crippen LogP contribution in [0.3, 0.4) is 0 Å². The smallest absolute Gasteiger partial charge is 0.191 e.